The van der Waals surface area contributed by atoms with E-state index in [2.05, 4.69) is 103 Å². The van der Waals surface area contributed by atoms with Crippen LogP contribution in [0.5, 0.6) is 0 Å². The first-order valence-corrected chi connectivity index (χ1v) is 12.2. The highest BCUT2D eigenvalue weighted by Crippen LogP contribution is 2.55. The number of rotatable bonds is 7. The SMILES string of the molecule is C/C(C[P+](c1ccccc1)(c1ccccc1)c1ccccc1)=N\Nc1ccccc1. The first-order valence-electron chi connectivity index (χ1n) is 10.2. The molecule has 4 aromatic carbocycles. The zero-order chi connectivity index (χ0) is 20.7. The van der Waals surface area contributed by atoms with Crippen molar-refractivity contribution in [2.45, 2.75) is 6.92 Å². The summed E-state index contributed by atoms with van der Waals surface area (Å²) >= 11 is 0. The maximum Gasteiger partial charge on any atom is 0.117 e. The summed E-state index contributed by atoms with van der Waals surface area (Å²) in [5.74, 6) is 0. The van der Waals surface area contributed by atoms with Crippen molar-refractivity contribution in [2.24, 2.45) is 5.10 Å². The molecule has 1 N–H and O–H groups in total. The van der Waals surface area contributed by atoms with Crippen molar-refractivity contribution in [1.82, 2.24) is 0 Å². The topological polar surface area (TPSA) is 24.4 Å². The van der Waals surface area contributed by atoms with Crippen LogP contribution in [-0.2, 0) is 0 Å². The molecule has 0 aliphatic heterocycles. The van der Waals surface area contributed by atoms with Crippen LogP contribution in [0.1, 0.15) is 6.92 Å². The molecule has 0 bridgehead atoms. The molecule has 4 aromatic rings. The summed E-state index contributed by atoms with van der Waals surface area (Å²) in [5.41, 5.74) is 5.31. The number of nitrogens with one attached hydrogen (secondary N) is 1. The molecule has 0 fully saturated rings. The van der Waals surface area contributed by atoms with Crippen molar-refractivity contribution in [1.29, 1.82) is 0 Å². The van der Waals surface area contributed by atoms with Crippen LogP contribution in [0, 0.1) is 0 Å². The van der Waals surface area contributed by atoms with Gasteiger partial charge in [0.25, 0.3) is 0 Å². The highest BCUT2D eigenvalue weighted by atomic mass is 31.2. The Morgan fingerprint density at radius 2 is 0.967 bits per heavy atom. The maximum atomic E-state index is 4.75. The third-order valence-electron chi connectivity index (χ3n) is 5.21. The Balaban J connectivity index is 1.82. The van der Waals surface area contributed by atoms with Gasteiger partial charge in [-0.3, -0.25) is 5.43 Å². The number of hydrazone groups is 1. The summed E-state index contributed by atoms with van der Waals surface area (Å²) in [5, 5.41) is 8.87. The lowest BCUT2D eigenvalue weighted by Gasteiger charge is -2.27. The van der Waals surface area contributed by atoms with Crippen LogP contribution >= 0.6 is 7.26 Å². The van der Waals surface area contributed by atoms with Gasteiger partial charge in [0.1, 0.15) is 29.3 Å². The predicted octanol–water partition coefficient (Wildman–Crippen LogP) is 5.47. The van der Waals surface area contributed by atoms with Gasteiger partial charge in [0, 0.05) is 0 Å². The molecule has 0 aliphatic rings. The van der Waals surface area contributed by atoms with Crippen molar-refractivity contribution in [2.75, 3.05) is 11.6 Å². The van der Waals surface area contributed by atoms with E-state index in [1.165, 1.54) is 15.9 Å². The van der Waals surface area contributed by atoms with Crippen LogP contribution in [-0.4, -0.2) is 11.9 Å². The normalized spacial score (nSPS) is 11.8. The van der Waals surface area contributed by atoms with Crippen LogP contribution in [0.3, 0.4) is 0 Å². The summed E-state index contributed by atoms with van der Waals surface area (Å²) < 4.78 is 0. The molecule has 0 unspecified atom stereocenters. The van der Waals surface area contributed by atoms with Crippen LogP contribution in [0.2, 0.25) is 0 Å². The zero-order valence-corrected chi connectivity index (χ0v) is 18.0. The van der Waals surface area contributed by atoms with Gasteiger partial charge in [0.2, 0.25) is 0 Å². The summed E-state index contributed by atoms with van der Waals surface area (Å²) in [6, 6.07) is 42.9. The number of para-hydroxylation sites is 1. The van der Waals surface area contributed by atoms with Crippen molar-refractivity contribution in [3.8, 4) is 0 Å². The highest BCUT2D eigenvalue weighted by Gasteiger charge is 2.45. The van der Waals surface area contributed by atoms with Crippen LogP contribution < -0.4 is 21.3 Å². The standard InChI is InChI=1S/C27H26N2P/c1-23(28-29-24-14-6-2-7-15-24)22-30(25-16-8-3-9-17-25,26-18-10-4-11-19-26)27-20-12-5-13-21-27/h2-21,29H,22H2,1H3/q+1/b28-23+. The van der Waals surface area contributed by atoms with Gasteiger partial charge in [-0.25, -0.2) is 0 Å². The second-order valence-corrected chi connectivity index (χ2v) is 10.8. The van der Waals surface area contributed by atoms with Gasteiger partial charge in [0.15, 0.2) is 0 Å². The zero-order valence-electron chi connectivity index (χ0n) is 17.1. The molecule has 0 aromatic heterocycles. The number of benzene rings is 4. The molecule has 2 nitrogen and oxygen atoms in total. The molecular weight excluding hydrogens is 383 g/mol. The monoisotopic (exact) mass is 409 g/mol. The van der Waals surface area contributed by atoms with E-state index in [4.69, 9.17) is 5.10 Å². The minimum atomic E-state index is -1.90. The Morgan fingerprint density at radius 1 is 0.600 bits per heavy atom. The number of hydrogen-bond acceptors (Lipinski definition) is 2. The molecule has 0 atom stereocenters. The van der Waals surface area contributed by atoms with Gasteiger partial charge >= 0.3 is 0 Å². The lowest BCUT2D eigenvalue weighted by atomic mass is 10.3. The summed E-state index contributed by atoms with van der Waals surface area (Å²) in [6.07, 6.45) is 0.880. The van der Waals surface area contributed by atoms with E-state index >= 15 is 0 Å². The van der Waals surface area contributed by atoms with E-state index in [0.29, 0.717) is 0 Å². The molecule has 30 heavy (non-hydrogen) atoms. The largest absolute Gasteiger partial charge is 0.278 e. The first-order chi connectivity index (χ1) is 14.8. The van der Waals surface area contributed by atoms with Gasteiger partial charge < -0.3 is 0 Å². The van der Waals surface area contributed by atoms with Crippen molar-refractivity contribution >= 4 is 34.6 Å². The number of anilines is 1. The van der Waals surface area contributed by atoms with E-state index in [1.54, 1.807) is 0 Å². The fraction of sp³-hybridized carbons (Fsp3) is 0.0741. The molecule has 0 saturated heterocycles. The Morgan fingerprint density at radius 3 is 1.37 bits per heavy atom. The number of hydrogen-bond donors (Lipinski definition) is 1. The van der Waals surface area contributed by atoms with Crippen molar-refractivity contribution < 1.29 is 0 Å². The second-order valence-electron chi connectivity index (χ2n) is 7.30. The molecular formula is C27H26N2P+. The van der Waals surface area contributed by atoms with Crippen molar-refractivity contribution in [3.63, 3.8) is 0 Å². The van der Waals surface area contributed by atoms with Gasteiger partial charge in [-0.15, -0.1) is 0 Å². The lowest BCUT2D eigenvalue weighted by Crippen LogP contribution is -2.35. The van der Waals surface area contributed by atoms with E-state index in [0.717, 1.165) is 17.6 Å². The summed E-state index contributed by atoms with van der Waals surface area (Å²) in [6.45, 7) is 2.12. The molecule has 148 valence electrons. The third-order valence-corrected chi connectivity index (χ3v) is 9.68. The van der Waals surface area contributed by atoms with Crippen LogP contribution in [0.4, 0.5) is 5.69 Å². The molecule has 4 rings (SSSR count). The molecule has 0 spiro atoms. The van der Waals surface area contributed by atoms with E-state index < -0.39 is 7.26 Å². The average Bonchev–Trinajstić information content (AvgIpc) is 2.83. The van der Waals surface area contributed by atoms with E-state index in [1.807, 2.05) is 30.3 Å². The first kappa shape index (κ1) is 20.1. The lowest BCUT2D eigenvalue weighted by molar-refractivity contribution is 1.32. The second kappa shape index (κ2) is 9.52. The van der Waals surface area contributed by atoms with Gasteiger partial charge in [0.05, 0.1) is 11.4 Å². The Labute approximate surface area is 179 Å². The van der Waals surface area contributed by atoms with Gasteiger partial charge in [-0.2, -0.15) is 5.10 Å². The van der Waals surface area contributed by atoms with E-state index in [-0.39, 0.29) is 0 Å². The molecule has 0 amide bonds. The molecule has 0 aliphatic carbocycles. The number of nitrogens with zero attached hydrogens (tertiary/aromatic N) is 1. The minimum Gasteiger partial charge on any atom is -0.278 e. The Hall–Kier alpha value is -3.22. The van der Waals surface area contributed by atoms with Crippen molar-refractivity contribution in [3.05, 3.63) is 121 Å². The van der Waals surface area contributed by atoms with Gasteiger partial charge in [-0.05, 0) is 55.5 Å². The van der Waals surface area contributed by atoms with Gasteiger partial charge in [-0.1, -0.05) is 72.8 Å². The van der Waals surface area contributed by atoms with Crippen LogP contribution in [0.25, 0.3) is 0 Å². The quantitative estimate of drug-likeness (QED) is 0.244. The average molecular weight is 409 g/mol. The predicted molar refractivity (Wildman–Crippen MR) is 133 cm³/mol. The third kappa shape index (κ3) is 4.35. The molecule has 3 heteroatoms. The van der Waals surface area contributed by atoms with E-state index in [9.17, 15) is 0 Å². The molecule has 0 heterocycles. The maximum absolute atomic E-state index is 4.75. The molecule has 0 saturated carbocycles. The Bertz CT molecular complexity index is 982. The smallest absolute Gasteiger partial charge is 0.117 e. The molecule has 0 radical (unpaired) electrons. The highest BCUT2D eigenvalue weighted by molar-refractivity contribution is 7.96. The summed E-state index contributed by atoms with van der Waals surface area (Å²) in [4.78, 5) is 0. The summed E-state index contributed by atoms with van der Waals surface area (Å²) in [7, 11) is -1.90. The Kier molecular flexibility index (Phi) is 6.37. The minimum absolute atomic E-state index is 0.880. The fourth-order valence-electron chi connectivity index (χ4n) is 3.82. The fourth-order valence-corrected chi connectivity index (χ4v) is 8.06. The van der Waals surface area contributed by atoms with Crippen LogP contribution in [0.15, 0.2) is 126 Å².